The van der Waals surface area contributed by atoms with E-state index in [9.17, 15) is 4.79 Å². The average molecular weight is 363 g/mol. The van der Waals surface area contributed by atoms with E-state index in [1.54, 1.807) is 23.3 Å². The predicted octanol–water partition coefficient (Wildman–Crippen LogP) is 4.55. The Balaban J connectivity index is 1.42. The van der Waals surface area contributed by atoms with Crippen molar-refractivity contribution in [1.29, 1.82) is 0 Å². The number of hydrogen-bond donors (Lipinski definition) is 0. The number of rotatable bonds is 5. The Bertz CT molecular complexity index is 1040. The van der Waals surface area contributed by atoms with Crippen LogP contribution in [0.4, 0.5) is 5.69 Å². The van der Waals surface area contributed by atoms with Gasteiger partial charge in [-0.1, -0.05) is 41.6 Å². The summed E-state index contributed by atoms with van der Waals surface area (Å²) in [5, 5.41) is 8.21. The van der Waals surface area contributed by atoms with Gasteiger partial charge in [0.2, 0.25) is 17.6 Å². The Morgan fingerprint density at radius 2 is 1.96 bits per heavy atom. The van der Waals surface area contributed by atoms with Gasteiger partial charge in [-0.15, -0.1) is 11.3 Å². The van der Waals surface area contributed by atoms with E-state index in [4.69, 9.17) is 4.52 Å². The molecule has 5 nitrogen and oxygen atoms in total. The molecule has 0 atom stereocenters. The van der Waals surface area contributed by atoms with Crippen LogP contribution < -0.4 is 4.90 Å². The number of thiophene rings is 1. The third-order valence-electron chi connectivity index (χ3n) is 4.26. The highest BCUT2D eigenvalue weighted by atomic mass is 32.1. The Morgan fingerprint density at radius 3 is 2.77 bits per heavy atom. The molecule has 0 saturated carbocycles. The molecule has 0 radical (unpaired) electrons. The van der Waals surface area contributed by atoms with Gasteiger partial charge in [-0.3, -0.25) is 4.79 Å². The third-order valence-corrected chi connectivity index (χ3v) is 5.12. The van der Waals surface area contributed by atoms with Gasteiger partial charge in [0.25, 0.3) is 0 Å². The summed E-state index contributed by atoms with van der Waals surface area (Å²) in [6.07, 6.45) is 0.741. The number of carbonyl (C=O) groups is 1. The highest BCUT2D eigenvalue weighted by molar-refractivity contribution is 7.13. The van der Waals surface area contributed by atoms with Gasteiger partial charge in [0.15, 0.2) is 0 Å². The average Bonchev–Trinajstić information content (AvgIpc) is 3.36. The second-order valence-electron chi connectivity index (χ2n) is 5.97. The fourth-order valence-corrected chi connectivity index (χ4v) is 3.42. The Morgan fingerprint density at radius 1 is 1.12 bits per heavy atom. The predicted molar refractivity (Wildman–Crippen MR) is 103 cm³/mol. The van der Waals surface area contributed by atoms with Gasteiger partial charge in [-0.05, 0) is 34.4 Å². The van der Waals surface area contributed by atoms with Gasteiger partial charge in [0.1, 0.15) is 0 Å². The number of amides is 1. The summed E-state index contributed by atoms with van der Waals surface area (Å²) in [5.41, 5.74) is 0.874. The highest BCUT2D eigenvalue weighted by Gasteiger charge is 2.15. The van der Waals surface area contributed by atoms with Gasteiger partial charge < -0.3 is 9.42 Å². The van der Waals surface area contributed by atoms with Crippen LogP contribution in [0.1, 0.15) is 12.3 Å². The number of aryl methyl sites for hydroxylation is 1. The first kappa shape index (κ1) is 16.5. The maximum atomic E-state index is 12.5. The van der Waals surface area contributed by atoms with Crippen molar-refractivity contribution in [2.75, 3.05) is 11.9 Å². The van der Waals surface area contributed by atoms with Crippen LogP contribution >= 0.6 is 11.3 Å². The fraction of sp³-hybridized carbons (Fsp3) is 0.150. The lowest BCUT2D eigenvalue weighted by molar-refractivity contribution is -0.118. The summed E-state index contributed by atoms with van der Waals surface area (Å²) < 4.78 is 5.26. The molecule has 6 heteroatoms. The van der Waals surface area contributed by atoms with E-state index in [0.29, 0.717) is 24.6 Å². The minimum absolute atomic E-state index is 0.0103. The highest BCUT2D eigenvalue weighted by Crippen LogP contribution is 2.23. The van der Waals surface area contributed by atoms with Crippen LogP contribution in [-0.4, -0.2) is 23.1 Å². The Kier molecular flexibility index (Phi) is 4.50. The van der Waals surface area contributed by atoms with Crippen molar-refractivity contribution in [2.24, 2.45) is 0 Å². The lowest BCUT2D eigenvalue weighted by atomic mass is 10.1. The standard InChI is InChI=1S/C20H17N3O2S/c1-23(16-9-8-14-5-2-3-6-15(14)13-16)19(24)11-10-18-21-20(22-25-18)17-7-4-12-26-17/h2-9,12-13H,10-11H2,1H3. The molecule has 0 bridgehead atoms. The van der Waals surface area contributed by atoms with Crippen LogP contribution in [0.3, 0.4) is 0 Å². The normalized spacial score (nSPS) is 11.0. The molecule has 2 aromatic carbocycles. The monoisotopic (exact) mass is 363 g/mol. The van der Waals surface area contributed by atoms with Crippen molar-refractivity contribution in [3.05, 3.63) is 65.9 Å². The first-order chi connectivity index (χ1) is 12.7. The van der Waals surface area contributed by atoms with Crippen molar-refractivity contribution in [3.8, 4) is 10.7 Å². The quantitative estimate of drug-likeness (QED) is 0.522. The van der Waals surface area contributed by atoms with E-state index < -0.39 is 0 Å². The summed E-state index contributed by atoms with van der Waals surface area (Å²) in [6.45, 7) is 0. The number of carbonyl (C=O) groups excluding carboxylic acids is 1. The summed E-state index contributed by atoms with van der Waals surface area (Å²) >= 11 is 1.56. The van der Waals surface area contributed by atoms with E-state index in [0.717, 1.165) is 21.3 Å². The van der Waals surface area contributed by atoms with Gasteiger partial charge in [-0.2, -0.15) is 4.98 Å². The number of aromatic nitrogens is 2. The topological polar surface area (TPSA) is 59.2 Å². The minimum Gasteiger partial charge on any atom is -0.339 e. The van der Waals surface area contributed by atoms with Gasteiger partial charge in [0.05, 0.1) is 4.88 Å². The van der Waals surface area contributed by atoms with Crippen LogP contribution in [0, 0.1) is 0 Å². The van der Waals surface area contributed by atoms with Gasteiger partial charge >= 0.3 is 0 Å². The van der Waals surface area contributed by atoms with Crippen molar-refractivity contribution >= 4 is 33.7 Å². The first-order valence-electron chi connectivity index (χ1n) is 8.32. The second kappa shape index (κ2) is 7.09. The van der Waals surface area contributed by atoms with Crippen molar-refractivity contribution in [3.63, 3.8) is 0 Å². The first-order valence-corrected chi connectivity index (χ1v) is 9.20. The SMILES string of the molecule is CN(C(=O)CCc1nc(-c2cccs2)no1)c1ccc2ccccc2c1. The Hall–Kier alpha value is -2.99. The molecule has 0 aliphatic carbocycles. The summed E-state index contributed by atoms with van der Waals surface area (Å²) in [4.78, 5) is 19.5. The largest absolute Gasteiger partial charge is 0.339 e. The van der Waals surface area contributed by atoms with Crippen LogP contribution in [0.25, 0.3) is 21.5 Å². The molecule has 0 aliphatic rings. The lowest BCUT2D eigenvalue weighted by Crippen LogP contribution is -2.26. The summed E-state index contributed by atoms with van der Waals surface area (Å²) in [5.74, 6) is 1.06. The number of anilines is 1. The van der Waals surface area contributed by atoms with Crippen molar-refractivity contribution < 1.29 is 9.32 Å². The van der Waals surface area contributed by atoms with Crippen LogP contribution in [0.2, 0.25) is 0 Å². The summed E-state index contributed by atoms with van der Waals surface area (Å²) in [6, 6.07) is 18.0. The fourth-order valence-electron chi connectivity index (χ4n) is 2.77. The molecule has 0 N–H and O–H groups in total. The van der Waals surface area contributed by atoms with E-state index in [1.807, 2.05) is 53.9 Å². The molecule has 1 amide bonds. The van der Waals surface area contributed by atoms with Gasteiger partial charge in [0, 0.05) is 25.6 Å². The molecule has 4 aromatic rings. The number of benzene rings is 2. The zero-order chi connectivity index (χ0) is 17.9. The van der Waals surface area contributed by atoms with Crippen LogP contribution in [0.5, 0.6) is 0 Å². The molecule has 0 saturated heterocycles. The second-order valence-corrected chi connectivity index (χ2v) is 6.92. The van der Waals surface area contributed by atoms with Crippen molar-refractivity contribution in [2.45, 2.75) is 12.8 Å². The molecule has 0 unspecified atom stereocenters. The molecule has 0 aliphatic heterocycles. The maximum Gasteiger partial charge on any atom is 0.227 e. The van der Waals surface area contributed by atoms with Crippen molar-refractivity contribution in [1.82, 2.24) is 10.1 Å². The number of fused-ring (bicyclic) bond motifs is 1. The van der Waals surface area contributed by atoms with Gasteiger partial charge in [-0.25, -0.2) is 0 Å². The maximum absolute atomic E-state index is 12.5. The molecular formula is C20H17N3O2S. The number of nitrogens with zero attached hydrogens (tertiary/aromatic N) is 3. The van der Waals surface area contributed by atoms with E-state index in [2.05, 4.69) is 16.2 Å². The molecule has 4 rings (SSSR count). The molecule has 0 spiro atoms. The molecule has 0 fully saturated rings. The molecule has 26 heavy (non-hydrogen) atoms. The van der Waals surface area contributed by atoms with Crippen LogP contribution in [-0.2, 0) is 11.2 Å². The van der Waals surface area contributed by atoms with Crippen LogP contribution in [0.15, 0.2) is 64.5 Å². The zero-order valence-corrected chi connectivity index (χ0v) is 15.1. The minimum atomic E-state index is 0.0103. The number of hydrogen-bond acceptors (Lipinski definition) is 5. The van der Waals surface area contributed by atoms with E-state index in [-0.39, 0.29) is 5.91 Å². The van der Waals surface area contributed by atoms with E-state index in [1.165, 1.54) is 0 Å². The summed E-state index contributed by atoms with van der Waals surface area (Å²) in [7, 11) is 1.79. The molecule has 2 aromatic heterocycles. The smallest absolute Gasteiger partial charge is 0.227 e. The molecular weight excluding hydrogens is 346 g/mol. The zero-order valence-electron chi connectivity index (χ0n) is 14.3. The molecule has 130 valence electrons. The van der Waals surface area contributed by atoms with E-state index >= 15 is 0 Å². The Labute approximate surface area is 154 Å². The lowest BCUT2D eigenvalue weighted by Gasteiger charge is -2.17. The molecule has 2 heterocycles. The third kappa shape index (κ3) is 3.36.